The maximum absolute atomic E-state index is 9.92. The van der Waals surface area contributed by atoms with E-state index in [0.29, 0.717) is 22.5 Å². The first-order valence-electron chi connectivity index (χ1n) is 9.67. The first kappa shape index (κ1) is 19.5. The number of aryl methyl sites for hydroxylation is 1. The molecule has 0 fully saturated rings. The molecule has 29 heavy (non-hydrogen) atoms. The van der Waals surface area contributed by atoms with Crippen molar-refractivity contribution in [2.75, 3.05) is 26.4 Å². The molecule has 4 rings (SSSR count). The van der Waals surface area contributed by atoms with Crippen molar-refractivity contribution in [1.29, 1.82) is 0 Å². The van der Waals surface area contributed by atoms with Gasteiger partial charge in [-0.15, -0.1) is 0 Å². The molecule has 150 valence electrons. The number of nitrogens with two attached hydrogens (primary N) is 1. The van der Waals surface area contributed by atoms with E-state index in [-0.39, 0.29) is 11.7 Å². The number of ether oxygens (including phenoxy) is 1. The van der Waals surface area contributed by atoms with Gasteiger partial charge >= 0.3 is 5.88 Å². The van der Waals surface area contributed by atoms with Gasteiger partial charge in [0.1, 0.15) is 17.1 Å². The maximum Gasteiger partial charge on any atom is 0.306 e. The van der Waals surface area contributed by atoms with Crippen molar-refractivity contribution >= 4 is 17.4 Å². The summed E-state index contributed by atoms with van der Waals surface area (Å²) in [5, 5.41) is 10.6. The molecule has 6 nitrogen and oxygen atoms in total. The minimum absolute atomic E-state index is 0.146. The van der Waals surface area contributed by atoms with Crippen molar-refractivity contribution < 1.29 is 19.3 Å². The van der Waals surface area contributed by atoms with Crippen molar-refractivity contribution in [3.05, 3.63) is 70.5 Å². The van der Waals surface area contributed by atoms with Gasteiger partial charge in [0.2, 0.25) is 12.1 Å². The van der Waals surface area contributed by atoms with Gasteiger partial charge in [0.25, 0.3) is 0 Å². The Balaban J connectivity index is 1.82. The summed E-state index contributed by atoms with van der Waals surface area (Å²) in [5.41, 5.74) is 9.43. The average Bonchev–Trinajstić information content (AvgIpc) is 2.68. The number of fused-ring (bicyclic) bond motifs is 2. The Morgan fingerprint density at radius 1 is 1.21 bits per heavy atom. The second-order valence-corrected chi connectivity index (χ2v) is 8.10. The maximum atomic E-state index is 9.92. The predicted octanol–water partition coefficient (Wildman–Crippen LogP) is 2.13. The molecule has 3 aromatic rings. The summed E-state index contributed by atoms with van der Waals surface area (Å²) >= 11 is 6.11. The van der Waals surface area contributed by atoms with Crippen LogP contribution in [0.4, 0.5) is 5.82 Å². The Bertz CT molecular complexity index is 1040. The third-order valence-corrected chi connectivity index (χ3v) is 5.46. The van der Waals surface area contributed by atoms with Gasteiger partial charge in [-0.3, -0.25) is 0 Å². The number of rotatable bonds is 5. The Morgan fingerprint density at radius 2 is 1.97 bits per heavy atom. The van der Waals surface area contributed by atoms with Crippen LogP contribution in [0.15, 0.2) is 48.8 Å². The highest BCUT2D eigenvalue weighted by Gasteiger charge is 2.36. The van der Waals surface area contributed by atoms with Crippen LogP contribution in [0.1, 0.15) is 29.0 Å². The number of phenols is 1. The van der Waals surface area contributed by atoms with E-state index < -0.39 is 0 Å². The minimum atomic E-state index is -0.161. The zero-order chi connectivity index (χ0) is 20.5. The molecule has 2 aromatic carbocycles. The summed E-state index contributed by atoms with van der Waals surface area (Å²) in [4.78, 5) is 5.94. The van der Waals surface area contributed by atoms with Crippen LogP contribution in [0.25, 0.3) is 0 Å². The monoisotopic (exact) mass is 412 g/mol. The van der Waals surface area contributed by atoms with E-state index in [1.165, 1.54) is 4.90 Å². The van der Waals surface area contributed by atoms with Gasteiger partial charge in [-0.05, 0) is 23.8 Å². The highest BCUT2D eigenvalue weighted by atomic mass is 35.5. The molecule has 1 aliphatic rings. The van der Waals surface area contributed by atoms with Crippen LogP contribution in [0.5, 0.6) is 17.4 Å². The summed E-state index contributed by atoms with van der Waals surface area (Å²) in [6.45, 7) is 1.83. The number of hydrogen-bond acceptors (Lipinski definition) is 4. The van der Waals surface area contributed by atoms with E-state index in [2.05, 4.69) is 19.1 Å². The minimum Gasteiger partial charge on any atom is -0.508 e. The van der Waals surface area contributed by atoms with E-state index in [4.69, 9.17) is 22.1 Å². The van der Waals surface area contributed by atoms with E-state index in [9.17, 15) is 5.11 Å². The van der Waals surface area contributed by atoms with Crippen molar-refractivity contribution in [3.63, 3.8) is 0 Å². The van der Waals surface area contributed by atoms with Gasteiger partial charge in [0.05, 0.1) is 33.1 Å². The van der Waals surface area contributed by atoms with Crippen LogP contribution in [0.3, 0.4) is 0 Å². The summed E-state index contributed by atoms with van der Waals surface area (Å²) in [7, 11) is 4.27. The summed E-state index contributed by atoms with van der Waals surface area (Å²) in [6.07, 6.45) is 2.72. The Hall–Kier alpha value is -2.83. The van der Waals surface area contributed by atoms with Gasteiger partial charge < -0.3 is 20.5 Å². The van der Waals surface area contributed by atoms with Crippen molar-refractivity contribution in [2.45, 2.75) is 18.9 Å². The van der Waals surface area contributed by atoms with Gasteiger partial charge in [-0.1, -0.05) is 34.8 Å². The van der Waals surface area contributed by atoms with Gasteiger partial charge in [0, 0.05) is 23.1 Å². The standard InChI is InChI=1S/C22H23ClN4O2/c1-26(2)10-3-11-27-13-25-22-20(21(27)24)19(14-4-6-15(23)7-5-14)17-9-8-16(28)12-18(17)29-22/h4-9,12-13,19,24,28H,3,10-11H2,1-2H3/p+2/t19-/m1/s1. The van der Waals surface area contributed by atoms with Gasteiger partial charge in [-0.25, -0.2) is 4.57 Å². The molecule has 0 saturated heterocycles. The van der Waals surface area contributed by atoms with Crippen molar-refractivity contribution in [1.82, 2.24) is 4.98 Å². The zero-order valence-electron chi connectivity index (χ0n) is 16.5. The summed E-state index contributed by atoms with van der Waals surface area (Å²) in [6, 6.07) is 12.9. The molecule has 4 N–H and O–H groups in total. The van der Waals surface area contributed by atoms with E-state index in [1.807, 2.05) is 34.9 Å². The van der Waals surface area contributed by atoms with E-state index in [1.54, 1.807) is 18.5 Å². The lowest BCUT2D eigenvalue weighted by atomic mass is 9.83. The van der Waals surface area contributed by atoms with E-state index >= 15 is 0 Å². The fraction of sp³-hybridized carbons (Fsp3) is 0.273. The Kier molecular flexibility index (Phi) is 5.30. The summed E-state index contributed by atoms with van der Waals surface area (Å²) < 4.78 is 8.00. The van der Waals surface area contributed by atoms with Crippen LogP contribution in [0.2, 0.25) is 5.02 Å². The molecule has 1 aromatic heterocycles. The molecule has 0 unspecified atom stereocenters. The predicted molar refractivity (Wildman–Crippen MR) is 112 cm³/mol. The molecule has 0 aliphatic carbocycles. The molecule has 2 heterocycles. The van der Waals surface area contributed by atoms with Crippen LogP contribution in [0, 0.1) is 0 Å². The number of quaternary nitrogens is 1. The number of nitrogens with one attached hydrogen (secondary N) is 1. The number of hydrogen-bond donors (Lipinski definition) is 3. The fourth-order valence-corrected chi connectivity index (χ4v) is 3.89. The number of halogens is 1. The molecular weight excluding hydrogens is 388 g/mol. The fourth-order valence-electron chi connectivity index (χ4n) is 3.76. The first-order valence-corrected chi connectivity index (χ1v) is 10.0. The second kappa shape index (κ2) is 7.89. The lowest BCUT2D eigenvalue weighted by Gasteiger charge is -2.27. The SMILES string of the molecule is C[NH+](C)CCC[n+]1cnc2c(c1N)[C@H](c1ccc(Cl)cc1)c1ccc(O)cc1O2. The Labute approximate surface area is 175 Å². The highest BCUT2D eigenvalue weighted by Crippen LogP contribution is 2.48. The van der Waals surface area contributed by atoms with Crippen LogP contribution in [-0.4, -0.2) is 30.7 Å². The number of phenolic OH excluding ortho intramolecular Hbond substituents is 1. The molecule has 7 heteroatoms. The largest absolute Gasteiger partial charge is 0.508 e. The second-order valence-electron chi connectivity index (χ2n) is 7.66. The molecule has 0 spiro atoms. The van der Waals surface area contributed by atoms with Crippen LogP contribution < -0.4 is 19.9 Å². The van der Waals surface area contributed by atoms with Crippen LogP contribution in [-0.2, 0) is 6.54 Å². The smallest absolute Gasteiger partial charge is 0.306 e. The highest BCUT2D eigenvalue weighted by molar-refractivity contribution is 6.30. The Morgan fingerprint density at radius 3 is 2.69 bits per heavy atom. The number of nitrogen functional groups attached to an aromatic ring is 1. The lowest BCUT2D eigenvalue weighted by Crippen LogP contribution is -3.05. The normalized spacial score (nSPS) is 15.0. The number of anilines is 1. The van der Waals surface area contributed by atoms with Crippen molar-refractivity contribution in [3.8, 4) is 17.4 Å². The molecule has 1 aliphatic heterocycles. The molecule has 0 saturated carbocycles. The van der Waals surface area contributed by atoms with Gasteiger partial charge in [0.15, 0.2) is 0 Å². The topological polar surface area (TPSA) is 76.7 Å². The van der Waals surface area contributed by atoms with Gasteiger partial charge in [-0.2, -0.15) is 0 Å². The number of aromatic hydroxyl groups is 1. The van der Waals surface area contributed by atoms with E-state index in [0.717, 1.165) is 36.2 Å². The van der Waals surface area contributed by atoms with Crippen LogP contribution >= 0.6 is 11.6 Å². The quantitative estimate of drug-likeness (QED) is 0.439. The van der Waals surface area contributed by atoms with Crippen molar-refractivity contribution in [2.24, 2.45) is 0 Å². The third kappa shape index (κ3) is 3.86. The lowest BCUT2D eigenvalue weighted by molar-refractivity contribution is -0.861. The number of benzene rings is 2. The molecular formula is C22H25ClN4O2+2. The first-order chi connectivity index (χ1) is 13.9. The number of nitrogens with zero attached hydrogens (tertiary/aromatic N) is 2. The molecule has 1 atom stereocenters. The molecule has 0 radical (unpaired) electrons. The number of aromatic nitrogens is 2. The summed E-state index contributed by atoms with van der Waals surface area (Å²) in [5.74, 6) is 1.68. The third-order valence-electron chi connectivity index (χ3n) is 5.21. The molecule has 0 amide bonds. The average molecular weight is 413 g/mol. The zero-order valence-corrected chi connectivity index (χ0v) is 17.3. The molecule has 0 bridgehead atoms.